The molecule has 0 spiro atoms. The van der Waals surface area contributed by atoms with Gasteiger partial charge in [0.25, 0.3) is 0 Å². The summed E-state index contributed by atoms with van der Waals surface area (Å²) in [5.41, 5.74) is 3.52. The van der Waals surface area contributed by atoms with Crippen molar-refractivity contribution in [1.82, 2.24) is 0 Å². The maximum atomic E-state index is 12.6. The van der Waals surface area contributed by atoms with Crippen LogP contribution in [0.25, 0.3) is 17.4 Å². The second-order valence-electron chi connectivity index (χ2n) is 7.47. The molecule has 0 saturated carbocycles. The Morgan fingerprint density at radius 2 is 1.94 bits per heavy atom. The molecule has 1 aromatic heterocycles. The fourth-order valence-electron chi connectivity index (χ4n) is 3.50. The highest BCUT2D eigenvalue weighted by atomic mass is 35.5. The Morgan fingerprint density at radius 1 is 1.12 bits per heavy atom. The predicted molar refractivity (Wildman–Crippen MR) is 128 cm³/mol. The van der Waals surface area contributed by atoms with Gasteiger partial charge in [-0.2, -0.15) is 0 Å². The molecule has 0 radical (unpaired) electrons. The van der Waals surface area contributed by atoms with Crippen LogP contribution in [0.2, 0.25) is 5.02 Å². The van der Waals surface area contributed by atoms with E-state index in [1.807, 2.05) is 55.5 Å². The SMILES string of the molecule is COc1ccc(N2CCOCC2)c(NC(=O)/C=C/c2ccc(-c3ccc(C)c(Cl)c3)o2)c1. The summed E-state index contributed by atoms with van der Waals surface area (Å²) in [6, 6.07) is 15.1. The summed E-state index contributed by atoms with van der Waals surface area (Å²) in [6.07, 6.45) is 3.09. The quantitative estimate of drug-likeness (QED) is 0.507. The summed E-state index contributed by atoms with van der Waals surface area (Å²) < 4.78 is 16.6. The Bertz CT molecular complexity index is 1130. The third-order valence-electron chi connectivity index (χ3n) is 5.30. The number of hydrogen-bond donors (Lipinski definition) is 1. The lowest BCUT2D eigenvalue weighted by atomic mass is 10.1. The minimum atomic E-state index is -0.260. The van der Waals surface area contributed by atoms with Crippen LogP contribution in [0.15, 0.2) is 59.0 Å². The van der Waals surface area contributed by atoms with Gasteiger partial charge in [0, 0.05) is 35.8 Å². The zero-order valence-electron chi connectivity index (χ0n) is 18.1. The number of halogens is 1. The van der Waals surface area contributed by atoms with E-state index in [4.69, 9.17) is 25.5 Å². The van der Waals surface area contributed by atoms with Gasteiger partial charge in [-0.15, -0.1) is 0 Å². The van der Waals surface area contributed by atoms with Crippen LogP contribution in [0.3, 0.4) is 0 Å². The van der Waals surface area contributed by atoms with Crippen LogP contribution in [-0.2, 0) is 9.53 Å². The predicted octanol–water partition coefficient (Wildman–Crippen LogP) is 5.41. The fraction of sp³-hybridized carbons (Fsp3) is 0.240. The lowest BCUT2D eigenvalue weighted by Crippen LogP contribution is -2.36. The highest BCUT2D eigenvalue weighted by Gasteiger charge is 2.16. The molecule has 1 aliphatic heterocycles. The molecule has 1 saturated heterocycles. The van der Waals surface area contributed by atoms with Gasteiger partial charge in [0.15, 0.2) is 0 Å². The highest BCUT2D eigenvalue weighted by molar-refractivity contribution is 6.31. The number of nitrogens with one attached hydrogen (secondary N) is 1. The number of amides is 1. The number of furan rings is 1. The zero-order valence-corrected chi connectivity index (χ0v) is 18.8. The monoisotopic (exact) mass is 452 g/mol. The van der Waals surface area contributed by atoms with Gasteiger partial charge >= 0.3 is 0 Å². The number of benzene rings is 2. The fourth-order valence-corrected chi connectivity index (χ4v) is 3.68. The Labute approximate surface area is 192 Å². The van der Waals surface area contributed by atoms with Crippen molar-refractivity contribution in [2.75, 3.05) is 43.6 Å². The van der Waals surface area contributed by atoms with Crippen molar-refractivity contribution in [3.63, 3.8) is 0 Å². The van der Waals surface area contributed by atoms with Crippen molar-refractivity contribution in [2.24, 2.45) is 0 Å². The van der Waals surface area contributed by atoms with Crippen LogP contribution < -0.4 is 15.0 Å². The first-order valence-corrected chi connectivity index (χ1v) is 10.8. The van der Waals surface area contributed by atoms with Crippen molar-refractivity contribution < 1.29 is 18.7 Å². The van der Waals surface area contributed by atoms with Gasteiger partial charge in [0.2, 0.25) is 5.91 Å². The normalized spacial score (nSPS) is 14.0. The van der Waals surface area contributed by atoms with E-state index in [2.05, 4.69) is 10.2 Å². The van der Waals surface area contributed by atoms with Gasteiger partial charge in [-0.3, -0.25) is 4.79 Å². The summed E-state index contributed by atoms with van der Waals surface area (Å²) in [4.78, 5) is 14.8. The van der Waals surface area contributed by atoms with Crippen molar-refractivity contribution in [3.8, 4) is 17.1 Å². The van der Waals surface area contributed by atoms with Gasteiger partial charge in [-0.1, -0.05) is 23.7 Å². The average molecular weight is 453 g/mol. The molecule has 1 fully saturated rings. The first-order valence-electron chi connectivity index (χ1n) is 10.4. The number of methoxy groups -OCH3 is 1. The van der Waals surface area contributed by atoms with Crippen molar-refractivity contribution >= 4 is 35.0 Å². The molecule has 6 nitrogen and oxygen atoms in total. The summed E-state index contributed by atoms with van der Waals surface area (Å²) >= 11 is 6.21. The van der Waals surface area contributed by atoms with Crippen molar-refractivity contribution in [2.45, 2.75) is 6.92 Å². The van der Waals surface area contributed by atoms with Gasteiger partial charge in [-0.05, 0) is 48.9 Å². The standard InChI is InChI=1S/C25H25ClN2O4/c1-17-3-4-18(15-21(17)26)24-9-6-19(32-24)7-10-25(29)27-22-16-20(30-2)5-8-23(22)28-11-13-31-14-12-28/h3-10,15-16H,11-14H2,1-2H3,(H,27,29)/b10-7+. The third kappa shape index (κ3) is 5.15. The second kappa shape index (κ2) is 9.94. The number of aryl methyl sites for hydroxylation is 1. The summed E-state index contributed by atoms with van der Waals surface area (Å²) in [6.45, 7) is 4.80. The molecule has 0 atom stereocenters. The Hall–Kier alpha value is -3.22. The number of rotatable bonds is 6. The summed E-state index contributed by atoms with van der Waals surface area (Å²) in [5.74, 6) is 1.68. The van der Waals surface area contributed by atoms with Gasteiger partial charge < -0.3 is 24.1 Å². The number of anilines is 2. The van der Waals surface area contributed by atoms with Crippen LogP contribution >= 0.6 is 11.6 Å². The van der Waals surface area contributed by atoms with Crippen molar-refractivity contribution in [1.29, 1.82) is 0 Å². The van der Waals surface area contributed by atoms with E-state index in [-0.39, 0.29) is 5.91 Å². The summed E-state index contributed by atoms with van der Waals surface area (Å²) in [7, 11) is 1.60. The largest absolute Gasteiger partial charge is 0.497 e. The van der Waals surface area contributed by atoms with E-state index < -0.39 is 0 Å². The zero-order chi connectivity index (χ0) is 22.5. The molecule has 2 heterocycles. The number of carbonyl (C=O) groups is 1. The Kier molecular flexibility index (Phi) is 6.83. The number of nitrogens with zero attached hydrogens (tertiary/aromatic N) is 1. The molecular formula is C25H25ClN2O4. The van der Waals surface area contributed by atoms with Crippen LogP contribution in [0.4, 0.5) is 11.4 Å². The minimum absolute atomic E-state index is 0.260. The van der Waals surface area contributed by atoms with Crippen LogP contribution in [-0.4, -0.2) is 39.3 Å². The molecule has 2 aromatic carbocycles. The molecule has 0 aliphatic carbocycles. The Balaban J connectivity index is 1.48. The van der Waals surface area contributed by atoms with E-state index in [0.29, 0.717) is 41.2 Å². The number of ether oxygens (including phenoxy) is 2. The topological polar surface area (TPSA) is 63.9 Å². The highest BCUT2D eigenvalue weighted by Crippen LogP contribution is 2.31. The molecule has 1 N–H and O–H groups in total. The smallest absolute Gasteiger partial charge is 0.248 e. The molecule has 4 rings (SSSR count). The molecular weight excluding hydrogens is 428 g/mol. The van der Waals surface area contributed by atoms with Gasteiger partial charge in [-0.25, -0.2) is 0 Å². The van der Waals surface area contributed by atoms with Gasteiger partial charge in [0.1, 0.15) is 17.3 Å². The van der Waals surface area contributed by atoms with Gasteiger partial charge in [0.05, 0.1) is 31.7 Å². The maximum absolute atomic E-state index is 12.6. The van der Waals surface area contributed by atoms with E-state index in [9.17, 15) is 4.79 Å². The van der Waals surface area contributed by atoms with Crippen LogP contribution in [0.5, 0.6) is 5.75 Å². The van der Waals surface area contributed by atoms with Crippen LogP contribution in [0, 0.1) is 6.92 Å². The first-order chi connectivity index (χ1) is 15.5. The first kappa shape index (κ1) is 22.0. The molecule has 0 unspecified atom stereocenters. The molecule has 1 aliphatic rings. The van der Waals surface area contributed by atoms with E-state index >= 15 is 0 Å². The lowest BCUT2D eigenvalue weighted by Gasteiger charge is -2.30. The Morgan fingerprint density at radius 3 is 2.69 bits per heavy atom. The molecule has 7 heteroatoms. The number of carbonyl (C=O) groups excluding carboxylic acids is 1. The third-order valence-corrected chi connectivity index (χ3v) is 5.70. The van der Waals surface area contributed by atoms with E-state index in [1.54, 1.807) is 13.2 Å². The molecule has 0 bridgehead atoms. The second-order valence-corrected chi connectivity index (χ2v) is 7.88. The van der Waals surface area contributed by atoms with Crippen molar-refractivity contribution in [3.05, 3.63) is 71.0 Å². The van der Waals surface area contributed by atoms with E-state index in [0.717, 1.165) is 29.9 Å². The number of morpholine rings is 1. The number of hydrogen-bond acceptors (Lipinski definition) is 5. The molecule has 3 aromatic rings. The lowest BCUT2D eigenvalue weighted by molar-refractivity contribution is -0.111. The maximum Gasteiger partial charge on any atom is 0.248 e. The molecule has 166 valence electrons. The van der Waals surface area contributed by atoms with Crippen LogP contribution in [0.1, 0.15) is 11.3 Å². The van der Waals surface area contributed by atoms with E-state index in [1.165, 1.54) is 6.08 Å². The summed E-state index contributed by atoms with van der Waals surface area (Å²) in [5, 5.41) is 3.64. The minimum Gasteiger partial charge on any atom is -0.497 e. The molecule has 32 heavy (non-hydrogen) atoms. The molecule has 1 amide bonds. The average Bonchev–Trinajstić information content (AvgIpc) is 3.29.